The van der Waals surface area contributed by atoms with Gasteiger partial charge in [0.25, 0.3) is 0 Å². The Morgan fingerprint density at radius 3 is 2.26 bits per heavy atom. The molecule has 1 aliphatic carbocycles. The molecule has 3 N–H and O–H groups in total. The molecule has 0 aromatic rings. The van der Waals surface area contributed by atoms with Crippen LogP contribution in [0.5, 0.6) is 0 Å². The molecule has 1 fully saturated rings. The highest BCUT2D eigenvalue weighted by Crippen LogP contribution is 2.23. The molecule has 0 aliphatic heterocycles. The molecule has 0 heterocycles. The molecule has 0 aromatic heterocycles. The van der Waals surface area contributed by atoms with E-state index in [0.717, 1.165) is 32.5 Å². The third-order valence-electron chi connectivity index (χ3n) is 4.52. The lowest BCUT2D eigenvalue weighted by molar-refractivity contribution is -0.122. The van der Waals surface area contributed by atoms with Crippen LogP contribution in [-0.4, -0.2) is 43.0 Å². The SMILES string of the molecule is CCCN(CCC)CCCC(=O)NC1CCCCC1CN.Cl.Cl. The van der Waals surface area contributed by atoms with Crippen LogP contribution >= 0.6 is 24.8 Å². The zero-order valence-electron chi connectivity index (χ0n) is 14.9. The van der Waals surface area contributed by atoms with E-state index in [1.165, 1.54) is 32.1 Å². The summed E-state index contributed by atoms with van der Waals surface area (Å²) in [7, 11) is 0. The molecule has 2 unspecified atom stereocenters. The maximum Gasteiger partial charge on any atom is 0.220 e. The second-order valence-electron chi connectivity index (χ2n) is 6.40. The van der Waals surface area contributed by atoms with Crippen molar-refractivity contribution in [2.45, 2.75) is 71.3 Å². The van der Waals surface area contributed by atoms with Gasteiger partial charge in [-0.05, 0) is 64.2 Å². The van der Waals surface area contributed by atoms with Crippen molar-refractivity contribution in [2.75, 3.05) is 26.2 Å². The van der Waals surface area contributed by atoms with Crippen LogP contribution in [-0.2, 0) is 4.79 Å². The number of rotatable bonds is 10. The molecule has 0 radical (unpaired) electrons. The Labute approximate surface area is 155 Å². The summed E-state index contributed by atoms with van der Waals surface area (Å²) in [5.41, 5.74) is 5.82. The zero-order chi connectivity index (χ0) is 15.5. The predicted molar refractivity (Wildman–Crippen MR) is 104 cm³/mol. The Hall–Kier alpha value is -0.0300. The van der Waals surface area contributed by atoms with Crippen molar-refractivity contribution >= 4 is 30.7 Å². The minimum absolute atomic E-state index is 0. The van der Waals surface area contributed by atoms with E-state index < -0.39 is 0 Å². The number of halogens is 2. The van der Waals surface area contributed by atoms with E-state index in [1.54, 1.807) is 0 Å². The maximum atomic E-state index is 12.1. The summed E-state index contributed by atoms with van der Waals surface area (Å²) in [4.78, 5) is 14.6. The van der Waals surface area contributed by atoms with Crippen molar-refractivity contribution in [1.82, 2.24) is 10.2 Å². The predicted octanol–water partition coefficient (Wildman–Crippen LogP) is 3.37. The molecule has 140 valence electrons. The van der Waals surface area contributed by atoms with E-state index >= 15 is 0 Å². The lowest BCUT2D eigenvalue weighted by atomic mass is 9.84. The van der Waals surface area contributed by atoms with Crippen molar-refractivity contribution in [2.24, 2.45) is 11.7 Å². The summed E-state index contributed by atoms with van der Waals surface area (Å²) in [5.74, 6) is 0.702. The fourth-order valence-electron chi connectivity index (χ4n) is 3.39. The van der Waals surface area contributed by atoms with Crippen LogP contribution in [0.25, 0.3) is 0 Å². The standard InChI is InChI=1S/C17H35N3O.2ClH/c1-3-11-20(12-4-2)13-7-10-17(21)19-16-9-6-5-8-15(16)14-18;;/h15-16H,3-14,18H2,1-2H3,(H,19,21);2*1H. The van der Waals surface area contributed by atoms with E-state index in [2.05, 4.69) is 24.1 Å². The first-order chi connectivity index (χ1) is 10.2. The second kappa shape index (κ2) is 15.5. The molecule has 0 bridgehead atoms. The first-order valence-electron chi connectivity index (χ1n) is 8.93. The summed E-state index contributed by atoms with van der Waals surface area (Å²) in [6.45, 7) is 8.46. The largest absolute Gasteiger partial charge is 0.353 e. The zero-order valence-corrected chi connectivity index (χ0v) is 16.5. The fourth-order valence-corrected chi connectivity index (χ4v) is 3.39. The molecule has 0 spiro atoms. The van der Waals surface area contributed by atoms with Crippen LogP contribution in [0.1, 0.15) is 65.2 Å². The van der Waals surface area contributed by atoms with E-state index in [9.17, 15) is 4.79 Å². The molecular weight excluding hydrogens is 333 g/mol. The minimum atomic E-state index is 0. The molecule has 0 saturated heterocycles. The molecule has 4 nitrogen and oxygen atoms in total. The molecule has 1 aliphatic rings. The molecule has 1 amide bonds. The van der Waals surface area contributed by atoms with Gasteiger partial charge in [0.1, 0.15) is 0 Å². The smallest absolute Gasteiger partial charge is 0.220 e. The number of hydrogen-bond acceptors (Lipinski definition) is 3. The molecule has 6 heteroatoms. The first kappa shape index (κ1) is 25.2. The van der Waals surface area contributed by atoms with Crippen molar-refractivity contribution < 1.29 is 4.79 Å². The lowest BCUT2D eigenvalue weighted by Gasteiger charge is -2.31. The lowest BCUT2D eigenvalue weighted by Crippen LogP contribution is -2.44. The van der Waals surface area contributed by atoms with Gasteiger partial charge >= 0.3 is 0 Å². The van der Waals surface area contributed by atoms with Crippen LogP contribution in [0.4, 0.5) is 0 Å². The van der Waals surface area contributed by atoms with Gasteiger partial charge < -0.3 is 16.0 Å². The monoisotopic (exact) mass is 369 g/mol. The van der Waals surface area contributed by atoms with Crippen LogP contribution in [0, 0.1) is 5.92 Å². The number of carbonyl (C=O) groups excluding carboxylic acids is 1. The molecule has 1 saturated carbocycles. The third kappa shape index (κ3) is 10.4. The molecule has 2 atom stereocenters. The summed E-state index contributed by atoms with van der Waals surface area (Å²) in [5, 5.41) is 3.22. The number of nitrogens with zero attached hydrogens (tertiary/aromatic N) is 1. The number of nitrogens with two attached hydrogens (primary N) is 1. The van der Waals surface area contributed by atoms with E-state index in [-0.39, 0.29) is 30.7 Å². The van der Waals surface area contributed by atoms with Gasteiger partial charge in [0, 0.05) is 12.5 Å². The van der Waals surface area contributed by atoms with Crippen molar-refractivity contribution in [1.29, 1.82) is 0 Å². The van der Waals surface area contributed by atoms with Crippen LogP contribution in [0.3, 0.4) is 0 Å². The van der Waals surface area contributed by atoms with Gasteiger partial charge in [-0.25, -0.2) is 0 Å². The van der Waals surface area contributed by atoms with Crippen molar-refractivity contribution in [3.8, 4) is 0 Å². The first-order valence-corrected chi connectivity index (χ1v) is 8.93. The minimum Gasteiger partial charge on any atom is -0.353 e. The highest BCUT2D eigenvalue weighted by atomic mass is 35.5. The summed E-state index contributed by atoms with van der Waals surface area (Å²) in [6, 6.07) is 0.318. The van der Waals surface area contributed by atoms with Crippen LogP contribution < -0.4 is 11.1 Å². The molecule has 0 aromatic carbocycles. The number of nitrogens with one attached hydrogen (secondary N) is 1. The molecule has 1 rings (SSSR count). The van der Waals surface area contributed by atoms with Gasteiger partial charge in [0.2, 0.25) is 5.91 Å². The van der Waals surface area contributed by atoms with Crippen LogP contribution in [0.15, 0.2) is 0 Å². The second-order valence-corrected chi connectivity index (χ2v) is 6.40. The van der Waals surface area contributed by atoms with Crippen molar-refractivity contribution in [3.05, 3.63) is 0 Å². The Morgan fingerprint density at radius 1 is 1.09 bits per heavy atom. The van der Waals surface area contributed by atoms with E-state index in [4.69, 9.17) is 5.73 Å². The molecule has 23 heavy (non-hydrogen) atoms. The quantitative estimate of drug-likeness (QED) is 0.620. The number of hydrogen-bond donors (Lipinski definition) is 2. The average Bonchev–Trinajstić information content (AvgIpc) is 2.48. The highest BCUT2D eigenvalue weighted by molar-refractivity contribution is 5.85. The van der Waals surface area contributed by atoms with Gasteiger partial charge in [-0.15, -0.1) is 24.8 Å². The van der Waals surface area contributed by atoms with Gasteiger partial charge in [-0.1, -0.05) is 26.7 Å². The van der Waals surface area contributed by atoms with Gasteiger partial charge in [-0.2, -0.15) is 0 Å². The normalized spacial score (nSPS) is 20.5. The van der Waals surface area contributed by atoms with Gasteiger partial charge in [0.15, 0.2) is 0 Å². The topological polar surface area (TPSA) is 58.4 Å². The van der Waals surface area contributed by atoms with Gasteiger partial charge in [-0.3, -0.25) is 4.79 Å². The highest BCUT2D eigenvalue weighted by Gasteiger charge is 2.24. The Kier molecular flexibility index (Phi) is 17.0. The fraction of sp³-hybridized carbons (Fsp3) is 0.941. The van der Waals surface area contributed by atoms with E-state index in [0.29, 0.717) is 24.9 Å². The Bertz CT molecular complexity index is 287. The van der Waals surface area contributed by atoms with Crippen molar-refractivity contribution in [3.63, 3.8) is 0 Å². The van der Waals surface area contributed by atoms with Gasteiger partial charge in [0.05, 0.1) is 0 Å². The summed E-state index contributed by atoms with van der Waals surface area (Å²) >= 11 is 0. The number of carbonyl (C=O) groups is 1. The van der Waals surface area contributed by atoms with E-state index in [1.807, 2.05) is 0 Å². The third-order valence-corrected chi connectivity index (χ3v) is 4.52. The van der Waals surface area contributed by atoms with Crippen LogP contribution in [0.2, 0.25) is 0 Å². The average molecular weight is 370 g/mol. The Balaban J connectivity index is 0. The summed E-state index contributed by atoms with van der Waals surface area (Å²) in [6.07, 6.45) is 8.75. The Morgan fingerprint density at radius 2 is 1.70 bits per heavy atom. The summed E-state index contributed by atoms with van der Waals surface area (Å²) < 4.78 is 0. The number of amides is 1. The molecular formula is C17H37Cl2N3O. The maximum absolute atomic E-state index is 12.1.